The summed E-state index contributed by atoms with van der Waals surface area (Å²) in [4.78, 5) is 16.8. The van der Waals surface area contributed by atoms with E-state index in [1.807, 2.05) is 12.1 Å². The molecule has 0 bridgehead atoms. The number of benzene rings is 1. The van der Waals surface area contributed by atoms with Gasteiger partial charge in [0.2, 0.25) is 0 Å². The van der Waals surface area contributed by atoms with Gasteiger partial charge in [-0.2, -0.15) is 0 Å². The predicted molar refractivity (Wildman–Crippen MR) is 89.0 cm³/mol. The highest BCUT2D eigenvalue weighted by molar-refractivity contribution is 6.12. The lowest BCUT2D eigenvalue weighted by Crippen LogP contribution is -2.26. The summed E-state index contributed by atoms with van der Waals surface area (Å²) in [7, 11) is 1.60. The van der Waals surface area contributed by atoms with Crippen LogP contribution >= 0.6 is 0 Å². The number of rotatable bonds is 3. The van der Waals surface area contributed by atoms with Crippen molar-refractivity contribution in [1.82, 2.24) is 9.55 Å². The summed E-state index contributed by atoms with van der Waals surface area (Å²) < 4.78 is 1.40. The Labute approximate surface area is 133 Å². The maximum atomic E-state index is 12.6. The Morgan fingerprint density at radius 3 is 2.48 bits per heavy atom. The Kier molecular flexibility index (Phi) is 3.76. The minimum Gasteiger partial charge on any atom is -0.507 e. The molecule has 3 rings (SSSR count). The average Bonchev–Trinajstić information content (AvgIpc) is 2.59. The maximum absolute atomic E-state index is 12.6. The van der Waals surface area contributed by atoms with Crippen LogP contribution in [0.25, 0.3) is 11.4 Å². The molecule has 0 fully saturated rings. The van der Waals surface area contributed by atoms with Crippen LogP contribution in [-0.2, 0) is 7.05 Å². The lowest BCUT2D eigenvalue weighted by atomic mass is 10.0. The Hall–Kier alpha value is -3.21. The number of aromatic nitrogens is 2. The van der Waals surface area contributed by atoms with E-state index in [-0.39, 0.29) is 17.0 Å². The minimum atomic E-state index is -0.431. The average molecular weight is 305 g/mol. The van der Waals surface area contributed by atoms with Gasteiger partial charge in [-0.3, -0.25) is 15.2 Å². The first kappa shape index (κ1) is 14.7. The number of hydrogen-bond acceptors (Lipinski definition) is 4. The van der Waals surface area contributed by atoms with E-state index < -0.39 is 5.56 Å². The first-order valence-corrected chi connectivity index (χ1v) is 7.08. The van der Waals surface area contributed by atoms with E-state index in [9.17, 15) is 9.90 Å². The van der Waals surface area contributed by atoms with Gasteiger partial charge in [-0.1, -0.05) is 36.4 Å². The highest BCUT2D eigenvalue weighted by atomic mass is 16.3. The third-order valence-corrected chi connectivity index (χ3v) is 3.65. The summed E-state index contributed by atoms with van der Waals surface area (Å²) in [5, 5.41) is 18.5. The predicted octanol–water partition coefficient (Wildman–Crippen LogP) is 2.57. The van der Waals surface area contributed by atoms with Crippen molar-refractivity contribution in [3.63, 3.8) is 0 Å². The Balaban J connectivity index is 2.17. The van der Waals surface area contributed by atoms with E-state index in [1.165, 1.54) is 10.6 Å². The number of nitrogens with zero attached hydrogens (tertiary/aromatic N) is 2. The first-order chi connectivity index (χ1) is 11.1. The van der Waals surface area contributed by atoms with Gasteiger partial charge in [0.25, 0.3) is 5.56 Å². The molecule has 2 N–H and O–H groups in total. The lowest BCUT2D eigenvalue weighted by Gasteiger charge is -2.12. The van der Waals surface area contributed by atoms with Gasteiger partial charge < -0.3 is 9.67 Å². The first-order valence-electron chi connectivity index (χ1n) is 7.08. The third-order valence-electron chi connectivity index (χ3n) is 3.65. The minimum absolute atomic E-state index is 0.00345. The maximum Gasteiger partial charge on any atom is 0.264 e. The van der Waals surface area contributed by atoms with Crippen LogP contribution < -0.4 is 5.56 Å². The molecule has 0 saturated carbocycles. The second kappa shape index (κ2) is 5.88. The summed E-state index contributed by atoms with van der Waals surface area (Å²) in [6.45, 7) is 0. The van der Waals surface area contributed by atoms with Crippen LogP contribution in [0.2, 0.25) is 0 Å². The molecule has 2 heterocycles. The summed E-state index contributed by atoms with van der Waals surface area (Å²) >= 11 is 0. The second-order valence-electron chi connectivity index (χ2n) is 5.11. The molecule has 0 spiro atoms. The molecule has 0 amide bonds. The molecule has 0 aliphatic heterocycles. The quantitative estimate of drug-likeness (QED) is 0.730. The summed E-state index contributed by atoms with van der Waals surface area (Å²) in [5.41, 5.74) is 1.21. The molecule has 0 unspecified atom stereocenters. The van der Waals surface area contributed by atoms with Crippen molar-refractivity contribution < 1.29 is 5.11 Å². The van der Waals surface area contributed by atoms with Crippen molar-refractivity contribution in [2.75, 3.05) is 0 Å². The number of aromatic hydroxyl groups is 1. The molecule has 0 saturated heterocycles. The highest BCUT2D eigenvalue weighted by Crippen LogP contribution is 2.23. The largest absolute Gasteiger partial charge is 0.507 e. The highest BCUT2D eigenvalue weighted by Gasteiger charge is 2.18. The van der Waals surface area contributed by atoms with Gasteiger partial charge in [-0.05, 0) is 12.1 Å². The van der Waals surface area contributed by atoms with Crippen molar-refractivity contribution in [2.24, 2.45) is 7.05 Å². The topological polar surface area (TPSA) is 79.0 Å². The van der Waals surface area contributed by atoms with Gasteiger partial charge in [0.05, 0.1) is 17.1 Å². The van der Waals surface area contributed by atoms with Gasteiger partial charge >= 0.3 is 0 Å². The molecule has 0 radical (unpaired) electrons. The van der Waals surface area contributed by atoms with Crippen LogP contribution in [0.1, 0.15) is 11.1 Å². The molecule has 5 heteroatoms. The Morgan fingerprint density at radius 1 is 1.13 bits per heavy atom. The SMILES string of the molecule is Cn1c(-c2ccccn2)cc(O)c(C(=N)c2ccccc2)c1=O. The summed E-state index contributed by atoms with van der Waals surface area (Å²) in [6, 6.07) is 15.7. The van der Waals surface area contributed by atoms with Crippen molar-refractivity contribution in [1.29, 1.82) is 5.41 Å². The van der Waals surface area contributed by atoms with E-state index in [4.69, 9.17) is 5.41 Å². The molecule has 0 aliphatic rings. The molecule has 1 aromatic carbocycles. The normalized spacial score (nSPS) is 10.5. The number of nitrogens with one attached hydrogen (secondary N) is 1. The van der Waals surface area contributed by atoms with E-state index in [0.29, 0.717) is 17.0 Å². The van der Waals surface area contributed by atoms with Crippen LogP contribution in [0.4, 0.5) is 0 Å². The van der Waals surface area contributed by atoms with Crippen molar-refractivity contribution in [3.05, 3.63) is 82.3 Å². The molecular formula is C18H15N3O2. The fourth-order valence-corrected chi connectivity index (χ4v) is 2.43. The summed E-state index contributed by atoms with van der Waals surface area (Å²) in [6.07, 6.45) is 1.62. The molecule has 2 aromatic heterocycles. The molecular weight excluding hydrogens is 290 g/mol. The van der Waals surface area contributed by atoms with Gasteiger partial charge in [0.1, 0.15) is 11.3 Å². The monoisotopic (exact) mass is 305 g/mol. The smallest absolute Gasteiger partial charge is 0.264 e. The lowest BCUT2D eigenvalue weighted by molar-refractivity contribution is 0.471. The molecule has 0 aliphatic carbocycles. The summed E-state index contributed by atoms with van der Waals surface area (Å²) in [5.74, 6) is -0.220. The fraction of sp³-hybridized carbons (Fsp3) is 0.0556. The zero-order valence-corrected chi connectivity index (χ0v) is 12.5. The van der Waals surface area contributed by atoms with Crippen LogP contribution in [-0.4, -0.2) is 20.4 Å². The molecule has 23 heavy (non-hydrogen) atoms. The van der Waals surface area contributed by atoms with Gasteiger partial charge in [0, 0.05) is 24.9 Å². The number of pyridine rings is 2. The Morgan fingerprint density at radius 2 is 1.83 bits per heavy atom. The van der Waals surface area contributed by atoms with Gasteiger partial charge in [-0.25, -0.2) is 0 Å². The number of hydrogen-bond donors (Lipinski definition) is 2. The Bertz CT molecular complexity index is 916. The van der Waals surface area contributed by atoms with Crippen molar-refractivity contribution in [2.45, 2.75) is 0 Å². The third kappa shape index (κ3) is 2.64. The second-order valence-corrected chi connectivity index (χ2v) is 5.11. The molecule has 114 valence electrons. The van der Waals surface area contributed by atoms with Crippen LogP contribution in [0.5, 0.6) is 5.75 Å². The van der Waals surface area contributed by atoms with Crippen molar-refractivity contribution in [3.8, 4) is 17.1 Å². The van der Waals surface area contributed by atoms with Crippen molar-refractivity contribution >= 4 is 5.71 Å². The standard InChI is InChI=1S/C18H15N3O2/c1-21-14(13-9-5-6-10-20-13)11-15(22)16(18(21)23)17(19)12-7-3-2-4-8-12/h2-11,19,22H,1H3. The zero-order valence-electron chi connectivity index (χ0n) is 12.5. The van der Waals surface area contributed by atoms with Crippen LogP contribution in [0.3, 0.4) is 0 Å². The fourth-order valence-electron chi connectivity index (χ4n) is 2.43. The van der Waals surface area contributed by atoms with E-state index >= 15 is 0 Å². The van der Waals surface area contributed by atoms with Gasteiger partial charge in [0.15, 0.2) is 0 Å². The van der Waals surface area contributed by atoms with E-state index in [1.54, 1.807) is 49.6 Å². The van der Waals surface area contributed by atoms with Crippen LogP contribution in [0.15, 0.2) is 65.6 Å². The van der Waals surface area contributed by atoms with E-state index in [2.05, 4.69) is 4.98 Å². The zero-order chi connectivity index (χ0) is 16.4. The van der Waals surface area contributed by atoms with Gasteiger partial charge in [-0.15, -0.1) is 0 Å². The molecule has 5 nitrogen and oxygen atoms in total. The molecule has 0 atom stereocenters. The van der Waals surface area contributed by atoms with Crippen LogP contribution in [0, 0.1) is 5.41 Å². The van der Waals surface area contributed by atoms with E-state index in [0.717, 1.165) is 0 Å². The molecule has 3 aromatic rings.